The molecule has 0 N–H and O–H groups in total. The number of imidazole rings is 1. The van der Waals surface area contributed by atoms with E-state index < -0.39 is 0 Å². The summed E-state index contributed by atoms with van der Waals surface area (Å²) in [5, 5.41) is 0. The second kappa shape index (κ2) is 12.7. The van der Waals surface area contributed by atoms with Gasteiger partial charge in [0.2, 0.25) is 0 Å². The van der Waals surface area contributed by atoms with Gasteiger partial charge in [0.1, 0.15) is 12.4 Å². The van der Waals surface area contributed by atoms with E-state index in [1.165, 1.54) is 0 Å². The summed E-state index contributed by atoms with van der Waals surface area (Å²) >= 11 is 0. The fourth-order valence-corrected chi connectivity index (χ4v) is 1.50. The number of ether oxygens (including phenoxy) is 5. The summed E-state index contributed by atoms with van der Waals surface area (Å²) in [6.07, 6.45) is 3.65. The van der Waals surface area contributed by atoms with Gasteiger partial charge in [-0.3, -0.25) is 0 Å². The molecule has 7 nitrogen and oxygen atoms in total. The summed E-state index contributed by atoms with van der Waals surface area (Å²) in [6.45, 7) is 5.09. The standard InChI is InChI=1S/C14H26N2O5/c1-16-4-3-15-14(16)13-21-12-11-20-10-9-19-8-7-18-6-5-17-2/h3-4H,5-13H2,1-2H3. The summed E-state index contributed by atoms with van der Waals surface area (Å²) in [4.78, 5) is 4.17. The summed E-state index contributed by atoms with van der Waals surface area (Å²) in [6, 6.07) is 0. The highest BCUT2D eigenvalue weighted by Gasteiger charge is 1.98. The minimum Gasteiger partial charge on any atom is -0.382 e. The minimum atomic E-state index is 0.502. The lowest BCUT2D eigenvalue weighted by Crippen LogP contribution is -2.13. The van der Waals surface area contributed by atoms with Crippen LogP contribution in [0.4, 0.5) is 0 Å². The van der Waals surface area contributed by atoms with Crippen LogP contribution in [0.15, 0.2) is 12.4 Å². The van der Waals surface area contributed by atoms with Crippen LogP contribution in [0, 0.1) is 0 Å². The smallest absolute Gasteiger partial charge is 0.134 e. The lowest BCUT2D eigenvalue weighted by Gasteiger charge is -2.07. The van der Waals surface area contributed by atoms with Crippen LogP contribution >= 0.6 is 0 Å². The molecule has 0 saturated heterocycles. The number of rotatable bonds is 14. The molecule has 0 bridgehead atoms. The fraction of sp³-hybridized carbons (Fsp3) is 0.786. The fourth-order valence-electron chi connectivity index (χ4n) is 1.50. The number of nitrogens with zero attached hydrogens (tertiary/aromatic N) is 2. The average Bonchev–Trinajstić information content (AvgIpc) is 2.89. The van der Waals surface area contributed by atoms with Crippen LogP contribution in [-0.4, -0.2) is 69.5 Å². The zero-order valence-electron chi connectivity index (χ0n) is 13.0. The Morgan fingerprint density at radius 1 is 0.857 bits per heavy atom. The SMILES string of the molecule is COCCOCCOCCOCCOCc1nccn1C. The Morgan fingerprint density at radius 3 is 1.86 bits per heavy atom. The van der Waals surface area contributed by atoms with Crippen LogP contribution in [0.5, 0.6) is 0 Å². The predicted molar refractivity (Wildman–Crippen MR) is 77.2 cm³/mol. The molecule has 122 valence electrons. The Bertz CT molecular complexity index is 346. The van der Waals surface area contributed by atoms with Gasteiger partial charge in [0.25, 0.3) is 0 Å². The molecule has 1 rings (SSSR count). The lowest BCUT2D eigenvalue weighted by atomic mass is 10.6. The molecule has 7 heteroatoms. The topological polar surface area (TPSA) is 64.0 Å². The first-order valence-electron chi connectivity index (χ1n) is 7.10. The molecule has 0 unspecified atom stereocenters. The minimum absolute atomic E-state index is 0.502. The van der Waals surface area contributed by atoms with E-state index in [2.05, 4.69) is 4.98 Å². The van der Waals surface area contributed by atoms with E-state index in [-0.39, 0.29) is 0 Å². The van der Waals surface area contributed by atoms with Crippen LogP contribution in [0.3, 0.4) is 0 Å². The van der Waals surface area contributed by atoms with Crippen molar-refractivity contribution in [2.45, 2.75) is 6.61 Å². The monoisotopic (exact) mass is 302 g/mol. The van der Waals surface area contributed by atoms with E-state index in [0.717, 1.165) is 5.82 Å². The van der Waals surface area contributed by atoms with Crippen LogP contribution in [0.2, 0.25) is 0 Å². The molecule has 0 radical (unpaired) electrons. The largest absolute Gasteiger partial charge is 0.382 e. The van der Waals surface area contributed by atoms with Crippen molar-refractivity contribution in [1.29, 1.82) is 0 Å². The third-order valence-corrected chi connectivity index (χ3v) is 2.70. The van der Waals surface area contributed by atoms with Crippen molar-refractivity contribution in [3.63, 3.8) is 0 Å². The Morgan fingerprint density at radius 2 is 1.38 bits per heavy atom. The van der Waals surface area contributed by atoms with Crippen LogP contribution < -0.4 is 0 Å². The molecule has 0 amide bonds. The first-order valence-corrected chi connectivity index (χ1v) is 7.10. The second-order valence-electron chi connectivity index (χ2n) is 4.34. The van der Waals surface area contributed by atoms with E-state index in [0.29, 0.717) is 59.5 Å². The molecule has 0 saturated carbocycles. The number of hydrogen-bond donors (Lipinski definition) is 0. The van der Waals surface area contributed by atoms with E-state index in [1.54, 1.807) is 13.3 Å². The van der Waals surface area contributed by atoms with Gasteiger partial charge in [-0.1, -0.05) is 0 Å². The first-order chi connectivity index (χ1) is 10.3. The molecule has 1 heterocycles. The quantitative estimate of drug-likeness (QED) is 0.470. The van der Waals surface area contributed by atoms with Crippen LogP contribution in [0.1, 0.15) is 5.82 Å². The van der Waals surface area contributed by atoms with Gasteiger partial charge in [-0.2, -0.15) is 0 Å². The Kier molecular flexibility index (Phi) is 10.9. The van der Waals surface area contributed by atoms with E-state index in [1.807, 2.05) is 17.8 Å². The molecule has 0 aliphatic carbocycles. The van der Waals surface area contributed by atoms with Crippen LogP contribution in [-0.2, 0) is 37.3 Å². The maximum absolute atomic E-state index is 5.46. The van der Waals surface area contributed by atoms with Crippen molar-refractivity contribution in [2.75, 3.05) is 60.0 Å². The van der Waals surface area contributed by atoms with Crippen molar-refractivity contribution >= 4 is 0 Å². The van der Waals surface area contributed by atoms with Crippen molar-refractivity contribution in [3.8, 4) is 0 Å². The van der Waals surface area contributed by atoms with Gasteiger partial charge in [0, 0.05) is 26.6 Å². The zero-order valence-corrected chi connectivity index (χ0v) is 13.0. The zero-order chi connectivity index (χ0) is 15.2. The van der Waals surface area contributed by atoms with Crippen molar-refractivity contribution in [1.82, 2.24) is 9.55 Å². The third kappa shape index (κ3) is 9.54. The van der Waals surface area contributed by atoms with Gasteiger partial charge in [0.05, 0.1) is 52.9 Å². The van der Waals surface area contributed by atoms with Crippen molar-refractivity contribution in [3.05, 3.63) is 18.2 Å². The molecule has 1 aromatic heterocycles. The van der Waals surface area contributed by atoms with Crippen LogP contribution in [0.25, 0.3) is 0 Å². The van der Waals surface area contributed by atoms with Gasteiger partial charge < -0.3 is 28.3 Å². The number of aryl methyl sites for hydroxylation is 1. The van der Waals surface area contributed by atoms with Crippen molar-refractivity contribution < 1.29 is 23.7 Å². The highest BCUT2D eigenvalue weighted by Crippen LogP contribution is 1.96. The maximum atomic E-state index is 5.46. The Hall–Kier alpha value is -0.990. The molecular weight excluding hydrogens is 276 g/mol. The van der Waals surface area contributed by atoms with Gasteiger partial charge in [0.15, 0.2) is 0 Å². The summed E-state index contributed by atoms with van der Waals surface area (Å²) in [7, 11) is 3.59. The van der Waals surface area contributed by atoms with Gasteiger partial charge in [-0.05, 0) is 0 Å². The molecule has 0 spiro atoms. The second-order valence-corrected chi connectivity index (χ2v) is 4.34. The third-order valence-electron chi connectivity index (χ3n) is 2.70. The number of hydrogen-bond acceptors (Lipinski definition) is 6. The highest BCUT2D eigenvalue weighted by molar-refractivity contribution is 4.88. The molecule has 1 aromatic rings. The highest BCUT2D eigenvalue weighted by atomic mass is 16.6. The predicted octanol–water partition coefficient (Wildman–Crippen LogP) is 0.633. The normalized spacial score (nSPS) is 11.1. The molecule has 0 atom stereocenters. The van der Waals surface area contributed by atoms with Gasteiger partial charge in [-0.25, -0.2) is 4.98 Å². The number of methoxy groups -OCH3 is 1. The molecular formula is C14H26N2O5. The lowest BCUT2D eigenvalue weighted by molar-refractivity contribution is -0.0102. The first kappa shape index (κ1) is 18.1. The van der Waals surface area contributed by atoms with Gasteiger partial charge >= 0.3 is 0 Å². The molecule has 0 fully saturated rings. The Labute approximate surface area is 126 Å². The molecule has 0 aromatic carbocycles. The molecule has 0 aliphatic heterocycles. The summed E-state index contributed by atoms with van der Waals surface area (Å²) < 4.78 is 28.3. The van der Waals surface area contributed by atoms with E-state index in [4.69, 9.17) is 23.7 Å². The van der Waals surface area contributed by atoms with E-state index >= 15 is 0 Å². The summed E-state index contributed by atoms with van der Waals surface area (Å²) in [5.74, 6) is 0.909. The van der Waals surface area contributed by atoms with Gasteiger partial charge in [-0.15, -0.1) is 0 Å². The molecule has 21 heavy (non-hydrogen) atoms. The summed E-state index contributed by atoms with van der Waals surface area (Å²) in [5.41, 5.74) is 0. The Balaban J connectivity index is 1.76. The van der Waals surface area contributed by atoms with Crippen molar-refractivity contribution in [2.24, 2.45) is 7.05 Å². The number of aromatic nitrogens is 2. The van der Waals surface area contributed by atoms with E-state index in [9.17, 15) is 0 Å². The average molecular weight is 302 g/mol. The molecule has 0 aliphatic rings. The maximum Gasteiger partial charge on any atom is 0.134 e.